The van der Waals surface area contributed by atoms with Crippen molar-refractivity contribution in [2.24, 2.45) is 0 Å². The lowest BCUT2D eigenvalue weighted by atomic mass is 10.2. The van der Waals surface area contributed by atoms with Gasteiger partial charge in [0.05, 0.1) is 49.2 Å². The first-order valence-corrected chi connectivity index (χ1v) is 19.6. The molecule has 0 bridgehead atoms. The van der Waals surface area contributed by atoms with Crippen LogP contribution in [0.25, 0.3) is 10.9 Å². The van der Waals surface area contributed by atoms with Gasteiger partial charge in [0.25, 0.3) is 0 Å². The maximum absolute atomic E-state index is 14.0. The first-order chi connectivity index (χ1) is 25.0. The molecule has 4 aromatic rings. The Labute approximate surface area is 312 Å². The fourth-order valence-electron chi connectivity index (χ4n) is 5.68. The van der Waals surface area contributed by atoms with E-state index in [9.17, 15) is 18.1 Å². The minimum atomic E-state index is -3.80. The second kappa shape index (κ2) is 17.1. The maximum atomic E-state index is 14.0. The number of carbonyl (C=O) groups excluding carboxylic acids is 1. The van der Waals surface area contributed by atoms with Crippen LogP contribution < -0.4 is 20.1 Å². The number of hydrogen-bond donors (Lipinski definition) is 2. The van der Waals surface area contributed by atoms with Crippen LogP contribution in [0, 0.1) is 11.6 Å². The van der Waals surface area contributed by atoms with Crippen LogP contribution in [0.2, 0.25) is 0 Å². The third-order valence-corrected chi connectivity index (χ3v) is 10.7. The van der Waals surface area contributed by atoms with Gasteiger partial charge in [0.2, 0.25) is 5.91 Å². The molecule has 1 aliphatic heterocycles. The summed E-state index contributed by atoms with van der Waals surface area (Å²) in [6, 6.07) is 7.24. The Kier molecular flexibility index (Phi) is 13.1. The molecule has 288 valence electrons. The number of phosphoric acid groups is 1. The van der Waals surface area contributed by atoms with Crippen molar-refractivity contribution in [3.63, 3.8) is 0 Å². The van der Waals surface area contributed by atoms with E-state index in [0.717, 1.165) is 38.4 Å². The van der Waals surface area contributed by atoms with E-state index in [0.29, 0.717) is 44.8 Å². The number of aromatic nitrogens is 3. The highest BCUT2D eigenvalue weighted by atomic mass is 32.1. The Hall–Kier alpha value is -3.79. The topological polar surface area (TPSA) is 146 Å². The molecule has 0 spiro atoms. The number of carbonyl (C=O) groups is 1. The number of rotatable bonds is 16. The van der Waals surface area contributed by atoms with Crippen molar-refractivity contribution in [1.82, 2.24) is 19.9 Å². The molecule has 1 fully saturated rings. The van der Waals surface area contributed by atoms with Crippen LogP contribution in [0.15, 0.2) is 42.9 Å². The zero-order valence-corrected chi connectivity index (χ0v) is 32.7. The molecule has 1 aliphatic rings. The Bertz CT molecular complexity index is 1920. The zero-order valence-electron chi connectivity index (χ0n) is 31.0. The predicted molar refractivity (Wildman–Crippen MR) is 200 cm³/mol. The second-order valence-electron chi connectivity index (χ2n) is 14.5. The molecule has 3 heterocycles. The molecule has 13 nitrogen and oxygen atoms in total. The maximum Gasteiger partial charge on any atom is 0.475 e. The Balaban J connectivity index is 1.16. The lowest BCUT2D eigenvalue weighted by Gasteiger charge is -2.32. The fourth-order valence-corrected chi connectivity index (χ4v) is 8.33. The molecule has 5 rings (SSSR count). The number of benzene rings is 2. The van der Waals surface area contributed by atoms with Crippen LogP contribution in [0.1, 0.15) is 65.7 Å². The average molecular weight is 777 g/mol. The van der Waals surface area contributed by atoms with Crippen molar-refractivity contribution < 1.29 is 41.2 Å². The summed E-state index contributed by atoms with van der Waals surface area (Å²) in [6.45, 7) is 13.2. The van der Waals surface area contributed by atoms with Gasteiger partial charge >= 0.3 is 7.82 Å². The molecule has 0 radical (unpaired) electrons. The van der Waals surface area contributed by atoms with E-state index >= 15 is 0 Å². The lowest BCUT2D eigenvalue weighted by molar-refractivity contribution is -0.115. The number of thiazole rings is 1. The van der Waals surface area contributed by atoms with Crippen LogP contribution in [0.4, 0.5) is 25.4 Å². The monoisotopic (exact) mass is 776 g/mol. The number of nitrogens with one attached hydrogen (secondary N) is 2. The number of hydrogen-bond acceptors (Lipinski definition) is 13. The van der Waals surface area contributed by atoms with Gasteiger partial charge in [0, 0.05) is 35.1 Å². The van der Waals surface area contributed by atoms with E-state index in [1.807, 2.05) is 41.5 Å². The highest BCUT2D eigenvalue weighted by Crippen LogP contribution is 2.55. The standard InChI is InChI=1S/C36H47F2N6O7PS/c1-35(2,3)50-52(46,51-36(4,5)6)49-21-23-11-9-14-44(23)15-10-16-48-30-19-28-25(18-29(30)47-7)33(41-22-40-28)43-34-39-20-24(53-34)17-31(45)42-27-13-8-12-26(37)32(27)38/h8,12-13,18-20,22-23H,9-11,14-17,21H2,1-7H3,(H,42,45)(H,39,40,41,43)/t23-/m1/s1. The Morgan fingerprint density at radius 3 is 2.53 bits per heavy atom. The summed E-state index contributed by atoms with van der Waals surface area (Å²) >= 11 is 1.22. The van der Waals surface area contributed by atoms with Crippen molar-refractivity contribution in [1.29, 1.82) is 0 Å². The molecule has 1 atom stereocenters. The van der Waals surface area contributed by atoms with Gasteiger partial charge in [0.15, 0.2) is 28.3 Å². The minimum Gasteiger partial charge on any atom is -0.493 e. The molecule has 2 aromatic carbocycles. The average Bonchev–Trinajstić information content (AvgIpc) is 3.71. The molecule has 17 heteroatoms. The first-order valence-electron chi connectivity index (χ1n) is 17.3. The molecule has 53 heavy (non-hydrogen) atoms. The van der Waals surface area contributed by atoms with Gasteiger partial charge in [0.1, 0.15) is 12.1 Å². The molecular weight excluding hydrogens is 729 g/mol. The number of methoxy groups -OCH3 is 1. The van der Waals surface area contributed by atoms with Crippen molar-refractivity contribution in [2.45, 2.75) is 84.5 Å². The van der Waals surface area contributed by atoms with Crippen LogP contribution in [-0.2, 0) is 29.4 Å². The van der Waals surface area contributed by atoms with Gasteiger partial charge < -0.3 is 20.1 Å². The summed E-state index contributed by atoms with van der Waals surface area (Å²) in [5.74, 6) is -1.17. The van der Waals surface area contributed by atoms with E-state index in [-0.39, 0.29) is 24.8 Å². The quantitative estimate of drug-likeness (QED) is 0.0834. The summed E-state index contributed by atoms with van der Waals surface area (Å²) < 4.78 is 70.3. The molecule has 0 saturated carbocycles. The lowest BCUT2D eigenvalue weighted by Crippen LogP contribution is -2.35. The van der Waals surface area contributed by atoms with E-state index in [4.69, 9.17) is 23.0 Å². The third kappa shape index (κ3) is 11.6. The molecule has 1 saturated heterocycles. The van der Waals surface area contributed by atoms with Gasteiger partial charge in [-0.3, -0.25) is 23.3 Å². The number of halogens is 2. The number of phosphoric ester groups is 1. The number of ether oxygens (including phenoxy) is 2. The van der Waals surface area contributed by atoms with Gasteiger partial charge in [-0.2, -0.15) is 0 Å². The molecular formula is C36H47F2N6O7PS. The van der Waals surface area contributed by atoms with Crippen molar-refractivity contribution in [3.05, 3.63) is 59.4 Å². The summed E-state index contributed by atoms with van der Waals surface area (Å²) in [5, 5.41) is 6.70. The van der Waals surface area contributed by atoms with Gasteiger partial charge in [-0.05, 0) is 85.5 Å². The molecule has 1 amide bonds. The summed E-state index contributed by atoms with van der Waals surface area (Å²) in [7, 11) is -2.25. The van der Waals surface area contributed by atoms with Crippen molar-refractivity contribution in [3.8, 4) is 11.5 Å². The van der Waals surface area contributed by atoms with E-state index in [1.165, 1.54) is 36.0 Å². The first kappa shape index (κ1) is 40.4. The summed E-state index contributed by atoms with van der Waals surface area (Å²) in [4.78, 5) is 28.6. The number of anilines is 3. The fraction of sp³-hybridized carbons (Fsp3) is 0.500. The molecule has 2 aromatic heterocycles. The normalized spacial score (nSPS) is 15.5. The molecule has 0 aliphatic carbocycles. The smallest absolute Gasteiger partial charge is 0.475 e. The van der Waals surface area contributed by atoms with Crippen LogP contribution in [0.5, 0.6) is 11.5 Å². The highest BCUT2D eigenvalue weighted by Gasteiger charge is 2.38. The van der Waals surface area contributed by atoms with Crippen molar-refractivity contribution >= 4 is 52.6 Å². The van der Waals surface area contributed by atoms with Crippen molar-refractivity contribution in [2.75, 3.05) is 44.0 Å². The van der Waals surface area contributed by atoms with Gasteiger partial charge in [-0.15, -0.1) is 11.3 Å². The molecule has 0 unspecified atom stereocenters. The number of fused-ring (bicyclic) bond motifs is 1. The zero-order chi connectivity index (χ0) is 38.4. The van der Waals surface area contributed by atoms with E-state index < -0.39 is 36.6 Å². The van der Waals surface area contributed by atoms with Gasteiger partial charge in [-0.1, -0.05) is 6.07 Å². The Morgan fingerprint density at radius 2 is 1.81 bits per heavy atom. The summed E-state index contributed by atoms with van der Waals surface area (Å²) in [5.41, 5.74) is -1.02. The molecule has 2 N–H and O–H groups in total. The van der Waals surface area contributed by atoms with E-state index in [2.05, 4.69) is 30.5 Å². The second-order valence-corrected chi connectivity index (χ2v) is 17.1. The number of amides is 1. The van der Waals surface area contributed by atoms with Crippen LogP contribution in [0.3, 0.4) is 0 Å². The van der Waals surface area contributed by atoms with E-state index in [1.54, 1.807) is 19.2 Å². The minimum absolute atomic E-state index is 0.0733. The number of nitrogens with zero attached hydrogens (tertiary/aromatic N) is 4. The van der Waals surface area contributed by atoms with Crippen LogP contribution >= 0.6 is 19.2 Å². The number of likely N-dealkylation sites (tertiary alicyclic amines) is 1. The Morgan fingerprint density at radius 1 is 1.06 bits per heavy atom. The largest absolute Gasteiger partial charge is 0.493 e. The summed E-state index contributed by atoms with van der Waals surface area (Å²) in [6.07, 6.45) is 5.51. The predicted octanol–water partition coefficient (Wildman–Crippen LogP) is 8.29. The SMILES string of the molecule is COc1cc2c(Nc3ncc(CC(=O)Nc4cccc(F)c4F)s3)ncnc2cc1OCCCN1CCC[C@@H]1COP(=O)(OC(C)(C)C)OC(C)(C)C. The van der Waals surface area contributed by atoms with Crippen LogP contribution in [-0.4, -0.2) is 76.4 Å². The van der Waals surface area contributed by atoms with Gasteiger partial charge in [-0.25, -0.2) is 28.3 Å². The highest BCUT2D eigenvalue weighted by molar-refractivity contribution is 7.48. The third-order valence-electron chi connectivity index (χ3n) is 7.80.